The molecule has 1 amide bonds. The van der Waals surface area contributed by atoms with E-state index in [1.165, 1.54) is 0 Å². The highest BCUT2D eigenvalue weighted by molar-refractivity contribution is 6.07. The molecule has 0 aliphatic carbocycles. The van der Waals surface area contributed by atoms with Crippen LogP contribution in [0.3, 0.4) is 0 Å². The number of fused-ring (bicyclic) bond motifs is 3. The van der Waals surface area contributed by atoms with Crippen LogP contribution in [0.15, 0.2) is 30.6 Å². The molecule has 1 aliphatic rings. The van der Waals surface area contributed by atoms with Crippen molar-refractivity contribution < 1.29 is 4.79 Å². The third kappa shape index (κ3) is 3.40. The van der Waals surface area contributed by atoms with Crippen LogP contribution in [-0.4, -0.2) is 62.0 Å². The quantitative estimate of drug-likeness (QED) is 0.459. The number of aryl methyl sites for hydroxylation is 1. The summed E-state index contributed by atoms with van der Waals surface area (Å²) in [7, 11) is 5.66. The minimum Gasteiger partial charge on any atom is -0.371 e. The maximum Gasteiger partial charge on any atom is 0.239 e. The highest BCUT2D eigenvalue weighted by Crippen LogP contribution is 2.31. The number of imidazole rings is 1. The molecule has 0 aromatic carbocycles. The van der Waals surface area contributed by atoms with Crippen molar-refractivity contribution in [2.75, 3.05) is 26.0 Å². The van der Waals surface area contributed by atoms with Gasteiger partial charge in [-0.05, 0) is 37.6 Å². The number of nitrogens with zero attached hydrogens (tertiary/aromatic N) is 5. The first-order chi connectivity index (χ1) is 15.0. The van der Waals surface area contributed by atoms with E-state index in [0.717, 1.165) is 64.4 Å². The van der Waals surface area contributed by atoms with Gasteiger partial charge in [0.15, 0.2) is 5.82 Å². The van der Waals surface area contributed by atoms with E-state index in [1.807, 2.05) is 43.9 Å². The van der Waals surface area contributed by atoms with E-state index in [-0.39, 0.29) is 11.9 Å². The van der Waals surface area contributed by atoms with Crippen molar-refractivity contribution in [3.63, 3.8) is 0 Å². The van der Waals surface area contributed by atoms with Gasteiger partial charge in [-0.25, -0.2) is 15.0 Å². The Balaban J connectivity index is 1.47. The summed E-state index contributed by atoms with van der Waals surface area (Å²) in [5.74, 6) is 0.858. The molecule has 1 aliphatic heterocycles. The number of aromatic amines is 1. The fraction of sp³-hybridized carbons (Fsp3) is 0.364. The Kier molecular flexibility index (Phi) is 4.82. The summed E-state index contributed by atoms with van der Waals surface area (Å²) in [4.78, 5) is 31.7. The lowest BCUT2D eigenvalue weighted by atomic mass is 10.2. The van der Waals surface area contributed by atoms with Gasteiger partial charge in [-0.15, -0.1) is 0 Å². The van der Waals surface area contributed by atoms with Gasteiger partial charge < -0.3 is 25.1 Å². The van der Waals surface area contributed by atoms with Crippen LogP contribution in [0.1, 0.15) is 18.5 Å². The normalized spacial score (nSPS) is 16.3. The van der Waals surface area contributed by atoms with E-state index in [4.69, 9.17) is 4.98 Å². The third-order valence-electron chi connectivity index (χ3n) is 5.89. The van der Waals surface area contributed by atoms with Crippen molar-refractivity contribution in [3.05, 3.63) is 36.3 Å². The summed E-state index contributed by atoms with van der Waals surface area (Å²) >= 11 is 0. The lowest BCUT2D eigenvalue weighted by Crippen LogP contribution is -2.41. The highest BCUT2D eigenvalue weighted by atomic mass is 16.2. The maximum atomic E-state index is 12.6. The predicted molar refractivity (Wildman–Crippen MR) is 121 cm³/mol. The highest BCUT2D eigenvalue weighted by Gasteiger charge is 2.25. The molecule has 4 aromatic rings. The number of H-pyrrole nitrogens is 1. The molecule has 0 unspecified atom stereocenters. The second kappa shape index (κ2) is 7.66. The van der Waals surface area contributed by atoms with E-state index < -0.39 is 0 Å². The van der Waals surface area contributed by atoms with Gasteiger partial charge in [0.2, 0.25) is 5.91 Å². The molecule has 1 saturated heterocycles. The van der Waals surface area contributed by atoms with Crippen LogP contribution in [0, 0.1) is 0 Å². The molecular formula is C22H26N8O. The first kappa shape index (κ1) is 19.5. The zero-order valence-electron chi connectivity index (χ0n) is 17.9. The van der Waals surface area contributed by atoms with Crippen LogP contribution in [0.25, 0.3) is 33.5 Å². The summed E-state index contributed by atoms with van der Waals surface area (Å²) in [5.41, 5.74) is 5.18. The van der Waals surface area contributed by atoms with Crippen LogP contribution >= 0.6 is 0 Å². The fourth-order valence-corrected chi connectivity index (χ4v) is 4.31. The topological polar surface area (TPSA) is 104 Å². The summed E-state index contributed by atoms with van der Waals surface area (Å²) in [6.45, 7) is 1.38. The molecular weight excluding hydrogens is 392 g/mol. The summed E-state index contributed by atoms with van der Waals surface area (Å²) < 4.78 is 2.00. The average Bonchev–Trinajstić information content (AvgIpc) is 3.52. The van der Waals surface area contributed by atoms with Crippen LogP contribution < -0.4 is 10.6 Å². The number of nitrogens with one attached hydrogen (secondary N) is 3. The molecule has 0 saturated carbocycles. The smallest absolute Gasteiger partial charge is 0.239 e. The number of amides is 1. The number of rotatable bonds is 5. The largest absolute Gasteiger partial charge is 0.371 e. The monoisotopic (exact) mass is 418 g/mol. The van der Waals surface area contributed by atoms with Gasteiger partial charge in [-0.1, -0.05) is 6.07 Å². The Hall–Kier alpha value is -3.46. The molecule has 1 atom stereocenters. The van der Waals surface area contributed by atoms with Gasteiger partial charge in [0, 0.05) is 26.5 Å². The van der Waals surface area contributed by atoms with Gasteiger partial charge in [0.1, 0.15) is 11.2 Å². The van der Waals surface area contributed by atoms with Gasteiger partial charge in [0.05, 0.1) is 41.5 Å². The van der Waals surface area contributed by atoms with E-state index in [1.54, 1.807) is 11.2 Å². The standard InChI is InChI=1S/C22H26N8O/c1-23-21-18-19(30(3)12-25-18)14-10-17(27-20(14)28-21)15-7-4-6-13(26-15)11-29(2)22(31)16-8-5-9-24-16/h4,6-7,10,12,16,24H,5,8-9,11H2,1-3H3,(H2,23,27,28)/t16-/m0/s1. The summed E-state index contributed by atoms with van der Waals surface area (Å²) in [5, 5.41) is 7.39. The molecule has 9 nitrogen and oxygen atoms in total. The molecule has 0 radical (unpaired) electrons. The van der Waals surface area contributed by atoms with Crippen molar-refractivity contribution in [1.29, 1.82) is 0 Å². The Bertz CT molecular complexity index is 1270. The number of anilines is 1. The molecule has 4 aromatic heterocycles. The van der Waals surface area contributed by atoms with Gasteiger partial charge in [-0.2, -0.15) is 0 Å². The summed E-state index contributed by atoms with van der Waals surface area (Å²) in [6.07, 6.45) is 3.74. The van der Waals surface area contributed by atoms with Crippen molar-refractivity contribution in [3.8, 4) is 11.4 Å². The predicted octanol–water partition coefficient (Wildman–Crippen LogP) is 2.26. The zero-order chi connectivity index (χ0) is 21.5. The second-order valence-corrected chi connectivity index (χ2v) is 8.07. The summed E-state index contributed by atoms with van der Waals surface area (Å²) in [6, 6.07) is 7.88. The molecule has 0 bridgehead atoms. The van der Waals surface area contributed by atoms with Crippen molar-refractivity contribution in [1.82, 2.24) is 34.7 Å². The van der Waals surface area contributed by atoms with Gasteiger partial charge in [-0.3, -0.25) is 4.79 Å². The van der Waals surface area contributed by atoms with E-state index in [0.29, 0.717) is 6.54 Å². The SMILES string of the molecule is CNc1nc2[nH]c(-c3cccc(CN(C)C(=O)[C@@H]4CCCN4)n3)cc2c2c1ncn2C. The molecule has 5 rings (SSSR count). The number of likely N-dealkylation sites (N-methyl/N-ethyl adjacent to an activating group) is 1. The minimum atomic E-state index is -0.0735. The number of hydrogen-bond acceptors (Lipinski definition) is 6. The number of aromatic nitrogens is 5. The van der Waals surface area contributed by atoms with Gasteiger partial charge >= 0.3 is 0 Å². The Morgan fingerprint density at radius 1 is 1.35 bits per heavy atom. The fourth-order valence-electron chi connectivity index (χ4n) is 4.31. The van der Waals surface area contributed by atoms with E-state index in [2.05, 4.69) is 31.7 Å². The Labute approximate surface area is 179 Å². The molecule has 1 fully saturated rings. The number of pyridine rings is 2. The minimum absolute atomic E-state index is 0.0735. The van der Waals surface area contributed by atoms with Crippen LogP contribution in [0.2, 0.25) is 0 Å². The van der Waals surface area contributed by atoms with Crippen molar-refractivity contribution in [2.45, 2.75) is 25.4 Å². The lowest BCUT2D eigenvalue weighted by molar-refractivity contribution is -0.132. The zero-order valence-corrected chi connectivity index (χ0v) is 17.9. The Morgan fingerprint density at radius 3 is 3.00 bits per heavy atom. The van der Waals surface area contributed by atoms with Crippen LogP contribution in [0.4, 0.5) is 5.82 Å². The van der Waals surface area contributed by atoms with Crippen molar-refractivity contribution in [2.24, 2.45) is 7.05 Å². The van der Waals surface area contributed by atoms with Crippen LogP contribution in [-0.2, 0) is 18.4 Å². The third-order valence-corrected chi connectivity index (χ3v) is 5.89. The van der Waals surface area contributed by atoms with Crippen LogP contribution in [0.5, 0.6) is 0 Å². The molecule has 160 valence electrons. The van der Waals surface area contributed by atoms with E-state index in [9.17, 15) is 4.79 Å². The first-order valence-corrected chi connectivity index (χ1v) is 10.5. The first-order valence-electron chi connectivity index (χ1n) is 10.5. The maximum absolute atomic E-state index is 12.6. The average molecular weight is 419 g/mol. The number of hydrogen-bond donors (Lipinski definition) is 3. The number of carbonyl (C=O) groups excluding carboxylic acids is 1. The molecule has 3 N–H and O–H groups in total. The molecule has 0 spiro atoms. The second-order valence-electron chi connectivity index (χ2n) is 8.07. The van der Waals surface area contributed by atoms with Gasteiger partial charge in [0.25, 0.3) is 0 Å². The molecule has 31 heavy (non-hydrogen) atoms. The number of carbonyl (C=O) groups is 1. The lowest BCUT2D eigenvalue weighted by Gasteiger charge is -2.21. The molecule has 9 heteroatoms. The Morgan fingerprint density at radius 2 is 2.23 bits per heavy atom. The van der Waals surface area contributed by atoms with Crippen molar-refractivity contribution >= 4 is 33.8 Å². The molecule has 5 heterocycles. The van der Waals surface area contributed by atoms with E-state index >= 15 is 0 Å².